The highest BCUT2D eigenvalue weighted by molar-refractivity contribution is 6.31. The molecular formula is C13H9ClN2O2. The van der Waals surface area contributed by atoms with Gasteiger partial charge in [-0.15, -0.1) is 0 Å². The summed E-state index contributed by atoms with van der Waals surface area (Å²) >= 11 is 5.84. The Morgan fingerprint density at radius 2 is 1.72 bits per heavy atom. The Balaban J connectivity index is 2.54. The highest BCUT2D eigenvalue weighted by Crippen LogP contribution is 2.19. The van der Waals surface area contributed by atoms with Crippen molar-refractivity contribution in [3.63, 3.8) is 0 Å². The number of hydrogen-bond acceptors (Lipinski definition) is 3. The molecule has 2 rings (SSSR count). The number of halogens is 1. The molecule has 0 aliphatic carbocycles. The van der Waals surface area contributed by atoms with E-state index >= 15 is 0 Å². The van der Waals surface area contributed by atoms with Crippen LogP contribution in [0.25, 0.3) is 0 Å². The molecule has 0 aliphatic rings. The molecule has 2 N–H and O–H groups in total. The monoisotopic (exact) mass is 260 g/mol. The second-order valence-corrected chi connectivity index (χ2v) is 4.06. The van der Waals surface area contributed by atoms with Gasteiger partial charge in [0.05, 0.1) is 5.56 Å². The van der Waals surface area contributed by atoms with Crippen LogP contribution in [0.3, 0.4) is 0 Å². The molecule has 1 aromatic carbocycles. The minimum Gasteiger partial charge on any atom is -0.366 e. The average molecular weight is 261 g/mol. The number of pyridine rings is 1. The van der Waals surface area contributed by atoms with Crippen LogP contribution in [0.15, 0.2) is 42.7 Å². The Bertz CT molecular complexity index is 612. The summed E-state index contributed by atoms with van der Waals surface area (Å²) in [5.74, 6) is -0.974. The van der Waals surface area contributed by atoms with Crippen molar-refractivity contribution >= 4 is 23.3 Å². The molecule has 0 bridgehead atoms. The third kappa shape index (κ3) is 2.38. The number of carbonyl (C=O) groups is 2. The number of benzene rings is 1. The lowest BCUT2D eigenvalue weighted by Gasteiger charge is -2.06. The zero-order chi connectivity index (χ0) is 13.1. The first-order valence-electron chi connectivity index (χ1n) is 5.13. The van der Waals surface area contributed by atoms with Gasteiger partial charge in [-0.25, -0.2) is 0 Å². The van der Waals surface area contributed by atoms with Gasteiger partial charge < -0.3 is 5.73 Å². The van der Waals surface area contributed by atoms with Gasteiger partial charge in [0, 0.05) is 28.5 Å². The number of ketones is 1. The van der Waals surface area contributed by atoms with Crippen molar-refractivity contribution in [2.75, 3.05) is 0 Å². The van der Waals surface area contributed by atoms with Gasteiger partial charge in [0.1, 0.15) is 0 Å². The maximum Gasteiger partial charge on any atom is 0.249 e. The summed E-state index contributed by atoms with van der Waals surface area (Å²) in [5, 5.41) is 0.373. The lowest BCUT2D eigenvalue weighted by atomic mass is 9.99. The van der Waals surface area contributed by atoms with Gasteiger partial charge in [0.15, 0.2) is 5.78 Å². The number of nitrogens with two attached hydrogens (primary N) is 1. The highest BCUT2D eigenvalue weighted by Gasteiger charge is 2.17. The molecule has 0 atom stereocenters. The van der Waals surface area contributed by atoms with Gasteiger partial charge in [-0.05, 0) is 30.3 Å². The van der Waals surface area contributed by atoms with Crippen molar-refractivity contribution < 1.29 is 9.59 Å². The molecule has 18 heavy (non-hydrogen) atoms. The Labute approximate surface area is 108 Å². The number of carbonyl (C=O) groups excluding carboxylic acids is 2. The molecule has 0 fully saturated rings. The van der Waals surface area contributed by atoms with Crippen molar-refractivity contribution in [3.8, 4) is 0 Å². The Morgan fingerprint density at radius 1 is 1.06 bits per heavy atom. The van der Waals surface area contributed by atoms with E-state index in [1.165, 1.54) is 30.6 Å². The lowest BCUT2D eigenvalue weighted by molar-refractivity contribution is 0.0981. The Morgan fingerprint density at radius 3 is 2.33 bits per heavy atom. The SMILES string of the molecule is NC(=O)c1ccc(Cl)cc1C(=O)c1ccncc1. The van der Waals surface area contributed by atoms with Crippen molar-refractivity contribution in [3.05, 3.63) is 64.4 Å². The fourth-order valence-corrected chi connectivity index (χ4v) is 1.75. The van der Waals surface area contributed by atoms with Crippen LogP contribution < -0.4 is 5.73 Å². The van der Waals surface area contributed by atoms with Crippen LogP contribution >= 0.6 is 11.6 Å². The molecule has 0 saturated carbocycles. The van der Waals surface area contributed by atoms with Crippen molar-refractivity contribution in [1.29, 1.82) is 0 Å². The maximum atomic E-state index is 12.2. The van der Waals surface area contributed by atoms with E-state index in [0.717, 1.165) is 0 Å². The maximum absolute atomic E-state index is 12.2. The van der Waals surface area contributed by atoms with Crippen LogP contribution in [0.4, 0.5) is 0 Å². The van der Waals surface area contributed by atoms with E-state index in [9.17, 15) is 9.59 Å². The standard InChI is InChI=1S/C13H9ClN2O2/c14-9-1-2-10(13(15)18)11(7-9)12(17)8-3-5-16-6-4-8/h1-7H,(H2,15,18). The quantitative estimate of drug-likeness (QED) is 0.859. The van der Waals surface area contributed by atoms with Crippen LogP contribution in [-0.2, 0) is 0 Å². The van der Waals surface area contributed by atoms with E-state index in [-0.39, 0.29) is 16.9 Å². The van der Waals surface area contributed by atoms with Crippen molar-refractivity contribution in [2.24, 2.45) is 5.73 Å². The molecule has 0 radical (unpaired) electrons. The Hall–Kier alpha value is -2.20. The minimum absolute atomic E-state index is 0.154. The van der Waals surface area contributed by atoms with E-state index in [1.807, 2.05) is 0 Å². The zero-order valence-electron chi connectivity index (χ0n) is 9.26. The van der Waals surface area contributed by atoms with Crippen LogP contribution in [0.1, 0.15) is 26.3 Å². The smallest absolute Gasteiger partial charge is 0.249 e. The highest BCUT2D eigenvalue weighted by atomic mass is 35.5. The summed E-state index contributed by atoms with van der Waals surface area (Å²) in [6.45, 7) is 0. The largest absolute Gasteiger partial charge is 0.366 e. The first kappa shape index (κ1) is 12.3. The van der Waals surface area contributed by atoms with Crippen LogP contribution in [-0.4, -0.2) is 16.7 Å². The topological polar surface area (TPSA) is 73.1 Å². The molecule has 5 heteroatoms. The van der Waals surface area contributed by atoms with Gasteiger partial charge >= 0.3 is 0 Å². The van der Waals surface area contributed by atoms with Gasteiger partial charge in [-0.3, -0.25) is 14.6 Å². The van der Waals surface area contributed by atoms with Crippen LogP contribution in [0.5, 0.6) is 0 Å². The van der Waals surface area contributed by atoms with E-state index in [4.69, 9.17) is 17.3 Å². The summed E-state index contributed by atoms with van der Waals surface area (Å²) in [6.07, 6.45) is 3.00. The molecule has 0 unspecified atom stereocenters. The number of aromatic nitrogens is 1. The van der Waals surface area contributed by atoms with Gasteiger partial charge in [-0.1, -0.05) is 11.6 Å². The van der Waals surface area contributed by atoms with Crippen LogP contribution in [0, 0.1) is 0 Å². The summed E-state index contributed by atoms with van der Waals surface area (Å²) < 4.78 is 0. The van der Waals surface area contributed by atoms with Gasteiger partial charge in [-0.2, -0.15) is 0 Å². The first-order chi connectivity index (χ1) is 8.59. The number of nitrogens with zero attached hydrogens (tertiary/aromatic N) is 1. The van der Waals surface area contributed by atoms with E-state index in [0.29, 0.717) is 10.6 Å². The fourth-order valence-electron chi connectivity index (χ4n) is 1.58. The molecular weight excluding hydrogens is 252 g/mol. The van der Waals surface area contributed by atoms with E-state index in [2.05, 4.69) is 4.98 Å². The van der Waals surface area contributed by atoms with E-state index < -0.39 is 5.91 Å². The second kappa shape index (κ2) is 4.98. The number of hydrogen-bond donors (Lipinski definition) is 1. The molecule has 0 aliphatic heterocycles. The number of rotatable bonds is 3. The third-order valence-corrected chi connectivity index (χ3v) is 2.67. The third-order valence-electron chi connectivity index (χ3n) is 2.43. The number of primary amides is 1. The first-order valence-corrected chi connectivity index (χ1v) is 5.51. The van der Waals surface area contributed by atoms with E-state index in [1.54, 1.807) is 12.1 Å². The van der Waals surface area contributed by atoms with Gasteiger partial charge in [0.2, 0.25) is 5.91 Å². The molecule has 2 aromatic rings. The van der Waals surface area contributed by atoms with Crippen molar-refractivity contribution in [2.45, 2.75) is 0 Å². The predicted octanol–water partition coefficient (Wildman–Crippen LogP) is 2.06. The number of amides is 1. The normalized spacial score (nSPS) is 10.1. The summed E-state index contributed by atoms with van der Waals surface area (Å²) in [4.78, 5) is 27.3. The molecule has 1 amide bonds. The lowest BCUT2D eigenvalue weighted by Crippen LogP contribution is -2.16. The predicted molar refractivity (Wildman–Crippen MR) is 67.6 cm³/mol. The molecule has 0 saturated heterocycles. The van der Waals surface area contributed by atoms with Gasteiger partial charge in [0.25, 0.3) is 0 Å². The summed E-state index contributed by atoms with van der Waals surface area (Å²) in [6, 6.07) is 7.52. The van der Waals surface area contributed by atoms with Crippen molar-refractivity contribution in [1.82, 2.24) is 4.98 Å². The molecule has 4 nitrogen and oxygen atoms in total. The zero-order valence-corrected chi connectivity index (χ0v) is 10.0. The average Bonchev–Trinajstić information content (AvgIpc) is 2.38. The molecule has 1 aromatic heterocycles. The van der Waals surface area contributed by atoms with Crippen LogP contribution in [0.2, 0.25) is 5.02 Å². The fraction of sp³-hybridized carbons (Fsp3) is 0. The molecule has 90 valence electrons. The summed E-state index contributed by atoms with van der Waals surface area (Å²) in [7, 11) is 0. The second-order valence-electron chi connectivity index (χ2n) is 3.62. The summed E-state index contributed by atoms with van der Waals surface area (Å²) in [5.41, 5.74) is 6.01. The molecule has 1 heterocycles. The Kier molecular flexibility index (Phi) is 3.39. The minimum atomic E-state index is -0.663. The molecule has 0 spiro atoms.